The molecule has 35 heavy (non-hydrogen) atoms. The lowest BCUT2D eigenvalue weighted by Gasteiger charge is -2.29. The number of fused-ring (bicyclic) bond motifs is 1. The van der Waals surface area contributed by atoms with Crippen LogP contribution in [0.2, 0.25) is 10.0 Å². The molecule has 4 atom stereocenters. The number of halogens is 2. The monoisotopic (exact) mass is 510 g/mol. The van der Waals surface area contributed by atoms with Crippen molar-refractivity contribution in [2.45, 2.75) is 32.9 Å². The van der Waals surface area contributed by atoms with E-state index in [2.05, 4.69) is 0 Å². The van der Waals surface area contributed by atoms with Crippen LogP contribution < -0.4 is 0 Å². The molecule has 0 aromatic heterocycles. The molecule has 2 aromatic rings. The Bertz CT molecular complexity index is 1270. The summed E-state index contributed by atoms with van der Waals surface area (Å²) in [5.74, 6) is -2.91. The van der Waals surface area contributed by atoms with Gasteiger partial charge in [0.05, 0.1) is 30.8 Å². The number of rotatable bonds is 5. The van der Waals surface area contributed by atoms with Gasteiger partial charge in [-0.2, -0.15) is 0 Å². The fraction of sp³-hybridized carbons (Fsp3) is 0.333. The van der Waals surface area contributed by atoms with Gasteiger partial charge in [0.1, 0.15) is 0 Å². The van der Waals surface area contributed by atoms with E-state index in [4.69, 9.17) is 23.2 Å². The highest BCUT2D eigenvalue weighted by atomic mass is 35.5. The molecule has 0 N–H and O–H groups in total. The van der Waals surface area contributed by atoms with Gasteiger partial charge in [0, 0.05) is 16.5 Å². The molecule has 2 aromatic carbocycles. The van der Waals surface area contributed by atoms with Crippen LogP contribution in [-0.4, -0.2) is 33.4 Å². The Labute approximate surface area is 213 Å². The minimum absolute atomic E-state index is 0.0839. The Morgan fingerprint density at radius 2 is 1.31 bits per heavy atom. The summed E-state index contributed by atoms with van der Waals surface area (Å²) < 4.78 is 0. The van der Waals surface area contributed by atoms with E-state index in [9.17, 15) is 19.2 Å². The largest absolute Gasteiger partial charge is 0.278 e. The van der Waals surface area contributed by atoms with Gasteiger partial charge in [-0.25, -0.2) is 0 Å². The van der Waals surface area contributed by atoms with Crippen molar-refractivity contribution in [3.8, 4) is 0 Å². The maximum atomic E-state index is 13.3. The summed E-state index contributed by atoms with van der Waals surface area (Å²) in [6, 6.07) is 14.3. The zero-order valence-corrected chi connectivity index (χ0v) is 20.6. The number of benzene rings is 2. The van der Waals surface area contributed by atoms with E-state index in [-0.39, 0.29) is 49.1 Å². The normalized spacial score (nSPS) is 26.4. The van der Waals surface area contributed by atoms with Crippen LogP contribution in [0.25, 0.3) is 0 Å². The zero-order valence-electron chi connectivity index (χ0n) is 19.1. The lowest BCUT2D eigenvalue weighted by Crippen LogP contribution is -2.34. The van der Waals surface area contributed by atoms with Gasteiger partial charge in [-0.05, 0) is 42.5 Å². The average molecular weight is 511 g/mol. The van der Waals surface area contributed by atoms with Crippen LogP contribution >= 0.6 is 23.2 Å². The Kier molecular flexibility index (Phi) is 6.28. The third kappa shape index (κ3) is 4.19. The highest BCUT2D eigenvalue weighted by Gasteiger charge is 2.53. The predicted molar refractivity (Wildman–Crippen MR) is 131 cm³/mol. The first-order chi connectivity index (χ1) is 16.8. The van der Waals surface area contributed by atoms with Crippen molar-refractivity contribution in [3.63, 3.8) is 0 Å². The van der Waals surface area contributed by atoms with Crippen LogP contribution in [0.4, 0.5) is 0 Å². The molecule has 0 saturated carbocycles. The van der Waals surface area contributed by atoms with E-state index in [0.29, 0.717) is 27.6 Å². The van der Waals surface area contributed by atoms with Gasteiger partial charge in [0.2, 0.25) is 23.6 Å². The SMILES string of the molecule is CC1=C[C@@H]([C@@H]2CC(=O)N(Cc3ccccc3Cl)C2=O)C[C@@H]2C(=O)N(Cc3ccccc3Cl)C(=O)[C@@H]12. The number of allylic oxidation sites excluding steroid dienone is 1. The Morgan fingerprint density at radius 1 is 0.771 bits per heavy atom. The van der Waals surface area contributed by atoms with Crippen molar-refractivity contribution in [2.24, 2.45) is 23.7 Å². The molecule has 6 nitrogen and oxygen atoms in total. The van der Waals surface area contributed by atoms with Crippen molar-refractivity contribution in [1.29, 1.82) is 0 Å². The van der Waals surface area contributed by atoms with Crippen LogP contribution in [0.3, 0.4) is 0 Å². The molecule has 0 radical (unpaired) electrons. The number of carbonyl (C=O) groups excluding carboxylic acids is 4. The van der Waals surface area contributed by atoms with Crippen LogP contribution in [-0.2, 0) is 32.3 Å². The topological polar surface area (TPSA) is 74.8 Å². The van der Waals surface area contributed by atoms with Gasteiger partial charge >= 0.3 is 0 Å². The van der Waals surface area contributed by atoms with Crippen LogP contribution in [0.15, 0.2) is 60.2 Å². The van der Waals surface area contributed by atoms with Gasteiger partial charge in [-0.15, -0.1) is 0 Å². The minimum Gasteiger partial charge on any atom is -0.278 e. The second kappa shape index (κ2) is 9.25. The van der Waals surface area contributed by atoms with Gasteiger partial charge in [0.25, 0.3) is 0 Å². The molecule has 4 amide bonds. The molecular weight excluding hydrogens is 487 g/mol. The number of carbonyl (C=O) groups is 4. The van der Waals surface area contributed by atoms with E-state index in [1.165, 1.54) is 9.80 Å². The number of amides is 4. The number of imide groups is 2. The smallest absolute Gasteiger partial charge is 0.237 e. The summed E-state index contributed by atoms with van der Waals surface area (Å²) in [7, 11) is 0. The standard InChI is InChI=1S/C27H24Cl2N2O4/c1-15-10-18(19-12-23(32)30(25(19)33)13-16-6-2-4-8-21(16)28)11-20-24(15)27(35)31(26(20)34)14-17-7-3-5-9-22(17)29/h2-10,18-20,24H,11-14H2,1H3/t18-,19+,20+,24+/m1/s1. The molecule has 3 aliphatic rings. The van der Waals surface area contributed by atoms with Crippen molar-refractivity contribution < 1.29 is 19.2 Å². The van der Waals surface area contributed by atoms with Gasteiger partial charge in [-0.3, -0.25) is 29.0 Å². The third-order valence-electron chi connectivity index (χ3n) is 7.38. The highest BCUT2D eigenvalue weighted by Crippen LogP contribution is 2.45. The van der Waals surface area contributed by atoms with Crippen LogP contribution in [0, 0.1) is 23.7 Å². The molecule has 2 aliphatic heterocycles. The van der Waals surface area contributed by atoms with E-state index in [0.717, 1.165) is 5.57 Å². The van der Waals surface area contributed by atoms with Crippen molar-refractivity contribution in [2.75, 3.05) is 0 Å². The summed E-state index contributed by atoms with van der Waals surface area (Å²) in [4.78, 5) is 55.1. The molecule has 2 heterocycles. The highest BCUT2D eigenvalue weighted by molar-refractivity contribution is 6.31. The van der Waals surface area contributed by atoms with Crippen molar-refractivity contribution in [3.05, 3.63) is 81.4 Å². The van der Waals surface area contributed by atoms with Crippen LogP contribution in [0.5, 0.6) is 0 Å². The Hall–Kier alpha value is -2.96. The summed E-state index contributed by atoms with van der Waals surface area (Å²) in [5.41, 5.74) is 2.19. The first kappa shape index (κ1) is 23.8. The second-order valence-corrected chi connectivity index (χ2v) is 10.3. The molecule has 2 saturated heterocycles. The molecule has 0 spiro atoms. The quantitative estimate of drug-likeness (QED) is 0.433. The summed E-state index contributed by atoms with van der Waals surface area (Å²) >= 11 is 12.5. The second-order valence-electron chi connectivity index (χ2n) is 9.47. The first-order valence-electron chi connectivity index (χ1n) is 11.6. The molecule has 8 heteroatoms. The summed E-state index contributed by atoms with van der Waals surface area (Å²) in [6.45, 7) is 2.07. The molecule has 180 valence electrons. The fourth-order valence-electron chi connectivity index (χ4n) is 5.58. The van der Waals surface area contributed by atoms with Gasteiger partial charge in [0.15, 0.2) is 0 Å². The Morgan fingerprint density at radius 3 is 1.91 bits per heavy atom. The molecule has 5 rings (SSSR count). The number of nitrogens with zero attached hydrogens (tertiary/aromatic N) is 2. The van der Waals surface area contributed by atoms with Crippen LogP contribution in [0.1, 0.15) is 30.9 Å². The first-order valence-corrected chi connectivity index (χ1v) is 12.4. The molecule has 0 bridgehead atoms. The number of hydrogen-bond acceptors (Lipinski definition) is 4. The lowest BCUT2D eigenvalue weighted by atomic mass is 9.71. The third-order valence-corrected chi connectivity index (χ3v) is 8.12. The zero-order chi connectivity index (χ0) is 24.9. The van der Waals surface area contributed by atoms with Gasteiger partial charge < -0.3 is 0 Å². The van der Waals surface area contributed by atoms with E-state index >= 15 is 0 Å². The lowest BCUT2D eigenvalue weighted by molar-refractivity contribution is -0.142. The molecule has 2 fully saturated rings. The maximum Gasteiger partial charge on any atom is 0.237 e. The summed E-state index contributed by atoms with van der Waals surface area (Å²) in [5, 5.41) is 1.00. The molecular formula is C27H24Cl2N2O4. The number of likely N-dealkylation sites (tertiary alicyclic amines) is 2. The summed E-state index contributed by atoms with van der Waals surface area (Å²) in [6.07, 6.45) is 2.36. The Balaban J connectivity index is 1.34. The van der Waals surface area contributed by atoms with E-state index in [1.807, 2.05) is 25.1 Å². The molecule has 1 aliphatic carbocycles. The van der Waals surface area contributed by atoms with Gasteiger partial charge in [-0.1, -0.05) is 71.2 Å². The fourth-order valence-corrected chi connectivity index (χ4v) is 5.97. The average Bonchev–Trinajstić information content (AvgIpc) is 3.24. The van der Waals surface area contributed by atoms with Crippen molar-refractivity contribution in [1.82, 2.24) is 9.80 Å². The predicted octanol–water partition coefficient (Wildman–Crippen LogP) is 4.64. The van der Waals surface area contributed by atoms with E-state index < -0.39 is 17.8 Å². The minimum atomic E-state index is -0.554. The maximum absolute atomic E-state index is 13.3. The van der Waals surface area contributed by atoms with Crippen molar-refractivity contribution >= 4 is 46.8 Å². The number of hydrogen-bond donors (Lipinski definition) is 0. The molecule has 0 unspecified atom stereocenters. The van der Waals surface area contributed by atoms with E-state index in [1.54, 1.807) is 36.4 Å².